The van der Waals surface area contributed by atoms with Crippen LogP contribution >= 0.6 is 0 Å². The van der Waals surface area contributed by atoms with Gasteiger partial charge in [-0.2, -0.15) is 0 Å². The second kappa shape index (κ2) is 7.91. The zero-order valence-corrected chi connectivity index (χ0v) is 14.2. The quantitative estimate of drug-likeness (QED) is 0.760. The van der Waals surface area contributed by atoms with E-state index >= 15 is 0 Å². The Morgan fingerprint density at radius 3 is 2.54 bits per heavy atom. The van der Waals surface area contributed by atoms with Crippen LogP contribution in [0.3, 0.4) is 0 Å². The van der Waals surface area contributed by atoms with Crippen LogP contribution in [0.1, 0.15) is 43.2 Å². The van der Waals surface area contributed by atoms with Crippen LogP contribution in [0.25, 0.3) is 6.08 Å². The minimum absolute atomic E-state index is 0.0175. The molecule has 3 nitrogen and oxygen atoms in total. The van der Waals surface area contributed by atoms with Crippen molar-refractivity contribution < 1.29 is 4.79 Å². The lowest BCUT2D eigenvalue weighted by molar-refractivity contribution is -0.114. The number of benzene rings is 1. The summed E-state index contributed by atoms with van der Waals surface area (Å²) in [4.78, 5) is 19.2. The molecule has 0 atom stereocenters. The van der Waals surface area contributed by atoms with E-state index in [1.54, 1.807) is 12.3 Å². The zero-order chi connectivity index (χ0) is 16.8. The molecule has 0 aliphatic heterocycles. The van der Waals surface area contributed by atoms with Gasteiger partial charge in [0.15, 0.2) is 0 Å². The van der Waals surface area contributed by atoms with Gasteiger partial charge < -0.3 is 0 Å². The molecule has 124 valence electrons. The number of carbonyl (C=O) groups excluding carboxylic acids is 1. The number of carbonyl (C=O) groups is 1. The fourth-order valence-corrected chi connectivity index (χ4v) is 3.33. The van der Waals surface area contributed by atoms with Gasteiger partial charge in [-0.25, -0.2) is 4.98 Å². The zero-order valence-electron chi connectivity index (χ0n) is 14.2. The second-order valence-corrected chi connectivity index (χ2v) is 6.38. The number of nitrogens with zero attached hydrogens (tertiary/aromatic N) is 2. The highest BCUT2D eigenvalue weighted by atomic mass is 16.2. The Balaban J connectivity index is 1.84. The van der Waals surface area contributed by atoms with Crippen molar-refractivity contribution in [1.82, 2.24) is 4.98 Å². The Morgan fingerprint density at radius 2 is 1.83 bits per heavy atom. The van der Waals surface area contributed by atoms with Gasteiger partial charge in [0.1, 0.15) is 5.82 Å². The van der Waals surface area contributed by atoms with E-state index in [2.05, 4.69) is 18.0 Å². The number of amides is 1. The Labute approximate surface area is 144 Å². The first-order chi connectivity index (χ1) is 11.8. The second-order valence-electron chi connectivity index (χ2n) is 6.38. The summed E-state index contributed by atoms with van der Waals surface area (Å²) in [6, 6.07) is 14.1. The third-order valence-electron chi connectivity index (χ3n) is 4.67. The Kier molecular flexibility index (Phi) is 5.42. The average molecular weight is 320 g/mol. The van der Waals surface area contributed by atoms with Gasteiger partial charge in [-0.3, -0.25) is 9.69 Å². The van der Waals surface area contributed by atoms with Crippen molar-refractivity contribution in [2.24, 2.45) is 0 Å². The monoisotopic (exact) mass is 320 g/mol. The van der Waals surface area contributed by atoms with Crippen molar-refractivity contribution in [3.8, 4) is 0 Å². The lowest BCUT2D eigenvalue weighted by atomic mass is 9.94. The normalized spacial score (nSPS) is 15.5. The summed E-state index contributed by atoms with van der Waals surface area (Å²) in [6.45, 7) is 2.06. The molecule has 1 heterocycles. The summed E-state index contributed by atoms with van der Waals surface area (Å²) in [5.41, 5.74) is 2.25. The first-order valence-electron chi connectivity index (χ1n) is 8.73. The fourth-order valence-electron chi connectivity index (χ4n) is 3.33. The third-order valence-corrected chi connectivity index (χ3v) is 4.67. The maximum absolute atomic E-state index is 12.9. The molecule has 0 radical (unpaired) electrons. The molecule has 1 aliphatic rings. The summed E-state index contributed by atoms with van der Waals surface area (Å²) >= 11 is 0. The predicted octanol–water partition coefficient (Wildman–Crippen LogP) is 4.77. The topological polar surface area (TPSA) is 33.2 Å². The van der Waals surface area contributed by atoms with Gasteiger partial charge in [-0.05, 0) is 49.1 Å². The summed E-state index contributed by atoms with van der Waals surface area (Å²) in [5.74, 6) is 0.771. The van der Waals surface area contributed by atoms with Crippen molar-refractivity contribution in [2.45, 2.75) is 45.1 Å². The van der Waals surface area contributed by atoms with Crippen LogP contribution in [0.5, 0.6) is 0 Å². The molecule has 1 aromatic heterocycles. The van der Waals surface area contributed by atoms with E-state index in [0.717, 1.165) is 24.2 Å². The van der Waals surface area contributed by atoms with Crippen molar-refractivity contribution in [1.29, 1.82) is 0 Å². The van der Waals surface area contributed by atoms with E-state index in [4.69, 9.17) is 0 Å². The summed E-state index contributed by atoms with van der Waals surface area (Å²) in [7, 11) is 0. The number of rotatable bonds is 4. The van der Waals surface area contributed by atoms with E-state index in [0.29, 0.717) is 0 Å². The van der Waals surface area contributed by atoms with Gasteiger partial charge in [-0.1, -0.05) is 49.6 Å². The van der Waals surface area contributed by atoms with Crippen molar-refractivity contribution in [3.63, 3.8) is 0 Å². The maximum atomic E-state index is 12.9. The molecule has 1 fully saturated rings. The molecule has 3 rings (SSSR count). The highest BCUT2D eigenvalue weighted by Crippen LogP contribution is 2.26. The third kappa shape index (κ3) is 3.91. The van der Waals surface area contributed by atoms with Gasteiger partial charge in [0.25, 0.3) is 5.91 Å². The first kappa shape index (κ1) is 16.4. The summed E-state index contributed by atoms with van der Waals surface area (Å²) in [6.07, 6.45) is 11.1. The van der Waals surface area contributed by atoms with Crippen LogP contribution in [-0.4, -0.2) is 16.9 Å². The summed E-state index contributed by atoms with van der Waals surface area (Å²) < 4.78 is 0. The highest BCUT2D eigenvalue weighted by molar-refractivity contribution is 6.03. The fraction of sp³-hybridized carbons (Fsp3) is 0.333. The molecule has 0 unspecified atom stereocenters. The molecule has 3 heteroatoms. The standard InChI is InChI=1S/C21H24N2O/c1-17-9-5-6-10-18(17)14-15-21(24)23(19-11-3-2-4-12-19)20-13-7-8-16-22-20/h5-10,13-16,19H,2-4,11-12H2,1H3/b15-14+. The molecule has 1 amide bonds. The average Bonchev–Trinajstić information content (AvgIpc) is 2.63. The number of hydrogen-bond acceptors (Lipinski definition) is 2. The predicted molar refractivity (Wildman–Crippen MR) is 98.8 cm³/mol. The number of hydrogen-bond donors (Lipinski definition) is 0. The molecule has 1 saturated carbocycles. The molecule has 0 bridgehead atoms. The molecule has 1 aromatic carbocycles. The molecular formula is C21H24N2O. The lowest BCUT2D eigenvalue weighted by Gasteiger charge is -2.32. The SMILES string of the molecule is Cc1ccccc1/C=C/C(=O)N(c1ccccn1)C1CCCCC1. The van der Waals surface area contributed by atoms with Crippen molar-refractivity contribution in [2.75, 3.05) is 4.90 Å². The van der Waals surface area contributed by atoms with Gasteiger partial charge in [0.2, 0.25) is 0 Å². The number of anilines is 1. The largest absolute Gasteiger partial charge is 0.290 e. The van der Waals surface area contributed by atoms with Crippen LogP contribution in [0, 0.1) is 6.92 Å². The van der Waals surface area contributed by atoms with Crippen molar-refractivity contribution >= 4 is 17.8 Å². The minimum atomic E-state index is 0.0175. The van der Waals surface area contributed by atoms with E-state index in [9.17, 15) is 4.79 Å². The van der Waals surface area contributed by atoms with Crippen LogP contribution in [0.4, 0.5) is 5.82 Å². The van der Waals surface area contributed by atoms with Gasteiger partial charge in [-0.15, -0.1) is 0 Å². The van der Waals surface area contributed by atoms with E-state index in [1.165, 1.54) is 24.8 Å². The number of aromatic nitrogens is 1. The lowest BCUT2D eigenvalue weighted by Crippen LogP contribution is -2.41. The van der Waals surface area contributed by atoms with Gasteiger partial charge in [0, 0.05) is 18.3 Å². The molecule has 0 spiro atoms. The first-order valence-corrected chi connectivity index (χ1v) is 8.73. The van der Waals surface area contributed by atoms with Crippen LogP contribution in [0.2, 0.25) is 0 Å². The van der Waals surface area contributed by atoms with Crippen LogP contribution in [0.15, 0.2) is 54.7 Å². The molecule has 24 heavy (non-hydrogen) atoms. The highest BCUT2D eigenvalue weighted by Gasteiger charge is 2.26. The molecule has 1 aliphatic carbocycles. The Hall–Kier alpha value is -2.42. The molecule has 0 saturated heterocycles. The number of pyridine rings is 1. The minimum Gasteiger partial charge on any atom is -0.290 e. The van der Waals surface area contributed by atoms with E-state index in [-0.39, 0.29) is 11.9 Å². The molecular weight excluding hydrogens is 296 g/mol. The Bertz CT molecular complexity index is 703. The van der Waals surface area contributed by atoms with Crippen molar-refractivity contribution in [3.05, 3.63) is 65.9 Å². The van der Waals surface area contributed by atoms with E-state index < -0.39 is 0 Å². The van der Waals surface area contributed by atoms with Crippen LogP contribution in [-0.2, 0) is 4.79 Å². The van der Waals surface area contributed by atoms with Gasteiger partial charge >= 0.3 is 0 Å². The summed E-state index contributed by atoms with van der Waals surface area (Å²) in [5, 5.41) is 0. The smallest absolute Gasteiger partial charge is 0.252 e. The maximum Gasteiger partial charge on any atom is 0.252 e. The number of aryl methyl sites for hydroxylation is 1. The molecule has 2 aromatic rings. The Morgan fingerprint density at radius 1 is 1.08 bits per heavy atom. The van der Waals surface area contributed by atoms with E-state index in [1.807, 2.05) is 47.4 Å². The van der Waals surface area contributed by atoms with Gasteiger partial charge in [0.05, 0.1) is 0 Å². The van der Waals surface area contributed by atoms with Crippen LogP contribution < -0.4 is 4.90 Å². The molecule has 0 N–H and O–H groups in total.